The lowest BCUT2D eigenvalue weighted by Gasteiger charge is -2.07. The van der Waals surface area contributed by atoms with E-state index in [1.54, 1.807) is 13.0 Å². The Morgan fingerprint density at radius 2 is 2.38 bits per heavy atom. The summed E-state index contributed by atoms with van der Waals surface area (Å²) in [6, 6.07) is 0. The number of rotatable bonds is 6. The van der Waals surface area contributed by atoms with Crippen molar-refractivity contribution < 1.29 is 17.6 Å². The Morgan fingerprint density at radius 1 is 1.62 bits per heavy atom. The number of nitrogens with one attached hydrogen (secondary N) is 1. The maximum atomic E-state index is 11.7. The predicted molar refractivity (Wildman–Crippen MR) is 78.8 cm³/mol. The molecule has 1 saturated heterocycles. The first-order valence-electron chi connectivity index (χ1n) is 6.50. The normalized spacial score (nSPS) is 21.9. The van der Waals surface area contributed by atoms with Gasteiger partial charge in [0.2, 0.25) is 11.8 Å². The fourth-order valence-electron chi connectivity index (χ4n) is 1.94. The minimum Gasteiger partial charge on any atom is -0.416 e. The van der Waals surface area contributed by atoms with Gasteiger partial charge in [-0.15, -0.1) is 16.8 Å². The molecule has 21 heavy (non-hydrogen) atoms. The van der Waals surface area contributed by atoms with E-state index in [9.17, 15) is 13.2 Å². The number of hydrogen-bond donors (Lipinski definition) is 1. The molecule has 116 valence electrons. The van der Waals surface area contributed by atoms with Crippen molar-refractivity contribution in [2.24, 2.45) is 0 Å². The first-order chi connectivity index (χ1) is 9.91. The summed E-state index contributed by atoms with van der Waals surface area (Å²) >= 11 is 1.15. The molecule has 0 spiro atoms. The number of nitrogens with zero attached hydrogens (tertiary/aromatic N) is 2. The Hall–Kier alpha value is -1.35. The summed E-state index contributed by atoms with van der Waals surface area (Å²) in [4.78, 5) is 11.7. The minimum absolute atomic E-state index is 0.0503. The highest BCUT2D eigenvalue weighted by Crippen LogP contribution is 2.30. The van der Waals surface area contributed by atoms with Crippen LogP contribution >= 0.6 is 11.8 Å². The van der Waals surface area contributed by atoms with E-state index in [4.69, 9.17) is 4.42 Å². The number of aromatic nitrogens is 2. The quantitative estimate of drug-likeness (QED) is 0.606. The van der Waals surface area contributed by atoms with Crippen LogP contribution in [-0.4, -0.2) is 47.8 Å². The van der Waals surface area contributed by atoms with Crippen LogP contribution in [0.25, 0.3) is 0 Å². The summed E-state index contributed by atoms with van der Waals surface area (Å²) in [5.41, 5.74) is 0. The van der Waals surface area contributed by atoms with Crippen LogP contribution in [-0.2, 0) is 14.6 Å². The largest absolute Gasteiger partial charge is 0.416 e. The van der Waals surface area contributed by atoms with Gasteiger partial charge in [-0.25, -0.2) is 8.42 Å². The summed E-state index contributed by atoms with van der Waals surface area (Å²) in [5.74, 6) is 0.152. The van der Waals surface area contributed by atoms with Crippen molar-refractivity contribution in [3.05, 3.63) is 18.5 Å². The molecule has 0 unspecified atom stereocenters. The molecule has 2 rings (SSSR count). The van der Waals surface area contributed by atoms with Crippen LogP contribution in [0.15, 0.2) is 22.3 Å². The van der Waals surface area contributed by atoms with Crippen LogP contribution in [0.2, 0.25) is 0 Å². The van der Waals surface area contributed by atoms with E-state index in [1.807, 2.05) is 0 Å². The molecule has 2 atom stereocenters. The number of amides is 1. The second-order valence-electron chi connectivity index (χ2n) is 4.80. The predicted octanol–water partition coefficient (Wildman–Crippen LogP) is 0.754. The summed E-state index contributed by atoms with van der Waals surface area (Å²) in [6.07, 6.45) is 2.10. The lowest BCUT2D eigenvalue weighted by molar-refractivity contribution is -0.120. The van der Waals surface area contributed by atoms with Crippen LogP contribution in [0, 0.1) is 0 Å². The van der Waals surface area contributed by atoms with Gasteiger partial charge in [0.1, 0.15) is 0 Å². The third-order valence-corrected chi connectivity index (χ3v) is 5.77. The molecule has 9 heteroatoms. The lowest BCUT2D eigenvalue weighted by Crippen LogP contribution is -2.30. The second kappa shape index (κ2) is 6.61. The Kier molecular flexibility index (Phi) is 5.04. The van der Waals surface area contributed by atoms with Crippen molar-refractivity contribution in [2.45, 2.75) is 29.7 Å². The maximum absolute atomic E-state index is 11.7. The molecule has 1 fully saturated rings. The molecular weight excluding hydrogens is 314 g/mol. The zero-order valence-electron chi connectivity index (χ0n) is 11.6. The van der Waals surface area contributed by atoms with Gasteiger partial charge in [-0.05, 0) is 13.3 Å². The molecule has 7 nitrogen and oxygen atoms in total. The summed E-state index contributed by atoms with van der Waals surface area (Å²) in [6.45, 7) is 5.65. The molecule has 2 heterocycles. The van der Waals surface area contributed by atoms with Gasteiger partial charge in [-0.1, -0.05) is 17.8 Å². The summed E-state index contributed by atoms with van der Waals surface area (Å²) < 4.78 is 28.3. The molecule has 1 aliphatic rings. The van der Waals surface area contributed by atoms with Crippen LogP contribution in [0.3, 0.4) is 0 Å². The molecule has 0 aromatic carbocycles. The van der Waals surface area contributed by atoms with Crippen molar-refractivity contribution in [1.29, 1.82) is 0 Å². The van der Waals surface area contributed by atoms with Gasteiger partial charge in [0.05, 0.1) is 22.7 Å². The van der Waals surface area contributed by atoms with Crippen molar-refractivity contribution in [3.8, 4) is 0 Å². The smallest absolute Gasteiger partial charge is 0.277 e. The molecule has 0 saturated carbocycles. The lowest BCUT2D eigenvalue weighted by atomic mass is 10.1. The zero-order valence-corrected chi connectivity index (χ0v) is 13.2. The van der Waals surface area contributed by atoms with Crippen molar-refractivity contribution in [2.75, 3.05) is 18.1 Å². The van der Waals surface area contributed by atoms with Crippen LogP contribution in [0.4, 0.5) is 0 Å². The average molecular weight is 331 g/mol. The monoisotopic (exact) mass is 331 g/mol. The molecule has 1 aromatic heterocycles. The molecular formula is C12H17N3O4S2. The summed E-state index contributed by atoms with van der Waals surface area (Å²) in [7, 11) is -2.99. The van der Waals surface area contributed by atoms with Gasteiger partial charge in [-0.3, -0.25) is 4.79 Å². The zero-order chi connectivity index (χ0) is 15.5. The minimum atomic E-state index is -2.99. The first kappa shape index (κ1) is 16.0. The Labute approximate surface area is 127 Å². The highest BCUT2D eigenvalue weighted by atomic mass is 32.2. The third kappa shape index (κ3) is 4.31. The molecule has 1 N–H and O–H groups in total. The van der Waals surface area contributed by atoms with E-state index in [1.165, 1.54) is 0 Å². The van der Waals surface area contributed by atoms with Gasteiger partial charge < -0.3 is 9.73 Å². The highest BCUT2D eigenvalue weighted by Gasteiger charge is 2.33. The Balaban J connectivity index is 1.94. The number of carbonyl (C=O) groups excluding carboxylic acids is 1. The van der Waals surface area contributed by atoms with E-state index in [0.29, 0.717) is 18.9 Å². The van der Waals surface area contributed by atoms with Crippen molar-refractivity contribution in [1.82, 2.24) is 15.5 Å². The molecule has 0 bridgehead atoms. The topological polar surface area (TPSA) is 102 Å². The number of sulfone groups is 1. The van der Waals surface area contributed by atoms with Gasteiger partial charge >= 0.3 is 0 Å². The Morgan fingerprint density at radius 3 is 3.00 bits per heavy atom. The SMILES string of the molecule is C=CCNC(=O)[C@H](C)Sc1nnc([C@H]2CCS(=O)(=O)C2)o1. The molecule has 1 amide bonds. The second-order valence-corrected chi connectivity index (χ2v) is 8.32. The van der Waals surface area contributed by atoms with Gasteiger partial charge in [-0.2, -0.15) is 0 Å². The van der Waals surface area contributed by atoms with Gasteiger partial charge in [0, 0.05) is 6.54 Å². The van der Waals surface area contributed by atoms with Crippen LogP contribution in [0.5, 0.6) is 0 Å². The van der Waals surface area contributed by atoms with Crippen LogP contribution in [0.1, 0.15) is 25.2 Å². The molecule has 1 aromatic rings. The maximum Gasteiger partial charge on any atom is 0.277 e. The molecule has 0 aliphatic carbocycles. The van der Waals surface area contributed by atoms with Crippen LogP contribution < -0.4 is 5.32 Å². The number of thioether (sulfide) groups is 1. The number of hydrogen-bond acceptors (Lipinski definition) is 7. The highest BCUT2D eigenvalue weighted by molar-refractivity contribution is 8.00. The number of carbonyl (C=O) groups is 1. The average Bonchev–Trinajstić information content (AvgIpc) is 3.02. The third-order valence-electron chi connectivity index (χ3n) is 3.07. The Bertz CT molecular complexity index is 626. The fraction of sp³-hybridized carbons (Fsp3) is 0.583. The van der Waals surface area contributed by atoms with Crippen molar-refractivity contribution in [3.63, 3.8) is 0 Å². The van der Waals surface area contributed by atoms with E-state index in [-0.39, 0.29) is 33.8 Å². The van der Waals surface area contributed by atoms with Gasteiger partial charge in [0.15, 0.2) is 9.84 Å². The van der Waals surface area contributed by atoms with E-state index in [0.717, 1.165) is 11.8 Å². The molecule has 0 radical (unpaired) electrons. The first-order valence-corrected chi connectivity index (χ1v) is 9.20. The summed E-state index contributed by atoms with van der Waals surface area (Å²) in [5, 5.41) is 10.3. The fourth-order valence-corrected chi connectivity index (χ4v) is 4.39. The van der Waals surface area contributed by atoms with Crippen molar-refractivity contribution >= 4 is 27.5 Å². The standard InChI is InChI=1S/C12H17N3O4S2/c1-3-5-13-10(16)8(2)20-12-15-14-11(19-12)9-4-6-21(17,18)7-9/h3,8-9H,1,4-7H2,2H3,(H,13,16)/t8-,9-/m0/s1. The van der Waals surface area contributed by atoms with E-state index in [2.05, 4.69) is 22.1 Å². The van der Waals surface area contributed by atoms with E-state index < -0.39 is 9.84 Å². The molecule has 1 aliphatic heterocycles. The van der Waals surface area contributed by atoms with Gasteiger partial charge in [0.25, 0.3) is 5.22 Å². The van der Waals surface area contributed by atoms with E-state index >= 15 is 0 Å².